The number of piperidine rings is 1. The van der Waals surface area contributed by atoms with E-state index in [1.807, 2.05) is 36.4 Å². The van der Waals surface area contributed by atoms with Crippen LogP contribution in [0.5, 0.6) is 5.75 Å². The predicted molar refractivity (Wildman–Crippen MR) is 115 cm³/mol. The lowest BCUT2D eigenvalue weighted by Gasteiger charge is -2.42. The molecule has 152 valence electrons. The highest BCUT2D eigenvalue weighted by Crippen LogP contribution is 2.34. The van der Waals surface area contributed by atoms with Gasteiger partial charge in [0.05, 0.1) is 13.7 Å². The van der Waals surface area contributed by atoms with Crippen molar-refractivity contribution in [2.75, 3.05) is 26.8 Å². The van der Waals surface area contributed by atoms with E-state index in [1.54, 1.807) is 13.2 Å². The highest BCUT2D eigenvalue weighted by atomic mass is 16.5. The molecule has 29 heavy (non-hydrogen) atoms. The lowest BCUT2D eigenvalue weighted by atomic mass is 9.75. The summed E-state index contributed by atoms with van der Waals surface area (Å²) in [5.74, 6) is 0.844. The van der Waals surface area contributed by atoms with Crippen LogP contribution in [0.15, 0.2) is 59.4 Å². The fraction of sp³-hybridized carbons (Fsp3) is 0.375. The van der Waals surface area contributed by atoms with E-state index in [9.17, 15) is 9.90 Å². The molecular weight excluding hydrogens is 364 g/mol. The number of likely N-dealkylation sites (tertiary alicyclic amines) is 1. The third kappa shape index (κ3) is 4.36. The third-order valence-electron chi connectivity index (χ3n) is 5.98. The number of nitrogens with one attached hydrogen (secondary N) is 1. The Morgan fingerprint density at radius 3 is 2.86 bits per heavy atom. The Kier molecular flexibility index (Phi) is 5.69. The zero-order chi connectivity index (χ0) is 20.3. The van der Waals surface area contributed by atoms with Gasteiger partial charge in [-0.05, 0) is 55.6 Å². The Labute approximate surface area is 170 Å². The van der Waals surface area contributed by atoms with Crippen LogP contribution in [0.25, 0.3) is 10.9 Å². The lowest BCUT2D eigenvalue weighted by molar-refractivity contribution is 0.0283. The number of pyridine rings is 1. The largest absolute Gasteiger partial charge is 0.497 e. The smallest absolute Gasteiger partial charge is 0.189 e. The first kappa shape index (κ1) is 19.7. The Morgan fingerprint density at radius 1 is 1.17 bits per heavy atom. The highest BCUT2D eigenvalue weighted by molar-refractivity contribution is 5.78. The maximum atomic E-state index is 12.4. The van der Waals surface area contributed by atoms with E-state index in [2.05, 4.69) is 22.0 Å². The normalized spacial score (nSPS) is 20.1. The van der Waals surface area contributed by atoms with Crippen LogP contribution in [-0.2, 0) is 13.0 Å². The SMILES string of the molecule is COc1cccc(CC2(CO)CCCN(Cc3cc(=O)c4ccccc4[nH]3)C2)c1. The maximum Gasteiger partial charge on any atom is 0.189 e. The number of hydrogen-bond donors (Lipinski definition) is 2. The van der Waals surface area contributed by atoms with Crippen LogP contribution in [0.4, 0.5) is 0 Å². The van der Waals surface area contributed by atoms with Crippen molar-refractivity contribution in [1.82, 2.24) is 9.88 Å². The van der Waals surface area contributed by atoms with Crippen molar-refractivity contribution in [3.05, 3.63) is 76.1 Å². The molecule has 0 radical (unpaired) electrons. The monoisotopic (exact) mass is 392 g/mol. The number of para-hydroxylation sites is 1. The van der Waals surface area contributed by atoms with E-state index in [1.165, 1.54) is 5.56 Å². The summed E-state index contributed by atoms with van der Waals surface area (Å²) in [4.78, 5) is 18.2. The number of aromatic nitrogens is 1. The van der Waals surface area contributed by atoms with Crippen molar-refractivity contribution in [1.29, 1.82) is 0 Å². The third-order valence-corrected chi connectivity index (χ3v) is 5.98. The summed E-state index contributed by atoms with van der Waals surface area (Å²) in [6.45, 7) is 2.60. The number of rotatable bonds is 6. The highest BCUT2D eigenvalue weighted by Gasteiger charge is 2.35. The number of aliphatic hydroxyl groups is 1. The number of hydrogen-bond acceptors (Lipinski definition) is 4. The van der Waals surface area contributed by atoms with E-state index >= 15 is 0 Å². The van der Waals surface area contributed by atoms with Gasteiger partial charge in [0, 0.05) is 41.2 Å². The number of methoxy groups -OCH3 is 1. The second-order valence-corrected chi connectivity index (χ2v) is 8.21. The van der Waals surface area contributed by atoms with Gasteiger partial charge in [-0.1, -0.05) is 24.3 Å². The van der Waals surface area contributed by atoms with Crippen LogP contribution in [-0.4, -0.2) is 41.8 Å². The van der Waals surface area contributed by atoms with Crippen LogP contribution in [0.1, 0.15) is 24.1 Å². The fourth-order valence-corrected chi connectivity index (χ4v) is 4.57. The topological polar surface area (TPSA) is 65.6 Å². The minimum absolute atomic E-state index is 0.0520. The van der Waals surface area contributed by atoms with Gasteiger partial charge in [0.1, 0.15) is 5.75 Å². The van der Waals surface area contributed by atoms with E-state index in [0.717, 1.165) is 54.7 Å². The summed E-state index contributed by atoms with van der Waals surface area (Å²) in [5.41, 5.74) is 2.85. The van der Waals surface area contributed by atoms with Crippen molar-refractivity contribution in [2.24, 2.45) is 5.41 Å². The second kappa shape index (κ2) is 8.39. The first-order valence-electron chi connectivity index (χ1n) is 10.2. The van der Waals surface area contributed by atoms with Gasteiger partial charge in [-0.3, -0.25) is 9.69 Å². The molecule has 5 heteroatoms. The van der Waals surface area contributed by atoms with Crippen molar-refractivity contribution >= 4 is 10.9 Å². The number of aromatic amines is 1. The molecule has 2 heterocycles. The zero-order valence-corrected chi connectivity index (χ0v) is 16.9. The Morgan fingerprint density at radius 2 is 2.03 bits per heavy atom. The summed E-state index contributed by atoms with van der Waals surface area (Å²) in [6, 6.07) is 17.4. The van der Waals surface area contributed by atoms with Crippen LogP contribution in [0.3, 0.4) is 0 Å². The number of H-pyrrole nitrogens is 1. The second-order valence-electron chi connectivity index (χ2n) is 8.21. The lowest BCUT2D eigenvalue weighted by Crippen LogP contribution is -2.46. The molecule has 1 aliphatic heterocycles. The molecule has 0 saturated carbocycles. The van der Waals surface area contributed by atoms with Gasteiger partial charge in [-0.25, -0.2) is 0 Å². The molecule has 2 N–H and O–H groups in total. The summed E-state index contributed by atoms with van der Waals surface area (Å²) < 4.78 is 5.35. The molecule has 1 fully saturated rings. The van der Waals surface area contributed by atoms with Crippen molar-refractivity contribution in [3.8, 4) is 5.75 Å². The Bertz CT molecular complexity index is 1050. The minimum atomic E-state index is -0.179. The van der Waals surface area contributed by atoms with Crippen molar-refractivity contribution in [2.45, 2.75) is 25.8 Å². The molecule has 4 rings (SSSR count). The van der Waals surface area contributed by atoms with Gasteiger partial charge < -0.3 is 14.8 Å². The molecule has 2 aromatic carbocycles. The van der Waals surface area contributed by atoms with E-state index in [4.69, 9.17) is 4.74 Å². The van der Waals surface area contributed by atoms with Crippen molar-refractivity contribution < 1.29 is 9.84 Å². The average Bonchev–Trinajstić information content (AvgIpc) is 2.74. The number of benzene rings is 2. The number of fused-ring (bicyclic) bond motifs is 1. The standard InChI is InChI=1S/C24H28N2O3/c1-29-20-7-4-6-18(12-20)14-24(17-27)10-5-11-26(16-24)15-19-13-23(28)21-8-2-3-9-22(21)25-19/h2-4,6-9,12-13,27H,5,10-11,14-17H2,1H3,(H,25,28). The molecule has 0 bridgehead atoms. The van der Waals surface area contributed by atoms with E-state index in [0.29, 0.717) is 6.54 Å². The Hall–Kier alpha value is -2.63. The Balaban J connectivity index is 1.53. The molecule has 1 atom stereocenters. The molecule has 0 spiro atoms. The predicted octanol–water partition coefficient (Wildman–Crippen LogP) is 3.35. The van der Waals surface area contributed by atoms with E-state index in [-0.39, 0.29) is 17.5 Å². The summed E-state index contributed by atoms with van der Waals surface area (Å²) in [6.07, 6.45) is 2.83. The number of nitrogens with zero attached hydrogens (tertiary/aromatic N) is 1. The van der Waals surface area contributed by atoms with Gasteiger partial charge >= 0.3 is 0 Å². The molecule has 1 saturated heterocycles. The van der Waals surface area contributed by atoms with Crippen LogP contribution >= 0.6 is 0 Å². The zero-order valence-electron chi connectivity index (χ0n) is 16.9. The molecule has 0 amide bonds. The van der Waals surface area contributed by atoms with Crippen LogP contribution < -0.4 is 10.2 Å². The van der Waals surface area contributed by atoms with Gasteiger partial charge in [0.25, 0.3) is 0 Å². The first-order valence-corrected chi connectivity index (χ1v) is 10.2. The molecule has 1 aromatic heterocycles. The molecule has 0 aliphatic carbocycles. The molecule has 5 nitrogen and oxygen atoms in total. The molecular formula is C24H28N2O3. The number of ether oxygens (including phenoxy) is 1. The van der Waals surface area contributed by atoms with Gasteiger partial charge in [0.2, 0.25) is 0 Å². The summed E-state index contributed by atoms with van der Waals surface area (Å²) in [5, 5.41) is 11.0. The van der Waals surface area contributed by atoms with Gasteiger partial charge in [0.15, 0.2) is 5.43 Å². The van der Waals surface area contributed by atoms with Crippen LogP contribution in [0, 0.1) is 5.41 Å². The minimum Gasteiger partial charge on any atom is -0.497 e. The molecule has 1 aliphatic rings. The maximum absolute atomic E-state index is 12.4. The van der Waals surface area contributed by atoms with Gasteiger partial charge in [-0.2, -0.15) is 0 Å². The van der Waals surface area contributed by atoms with Crippen LogP contribution in [0.2, 0.25) is 0 Å². The summed E-state index contributed by atoms with van der Waals surface area (Å²) in [7, 11) is 1.67. The molecule has 3 aromatic rings. The average molecular weight is 392 g/mol. The quantitative estimate of drug-likeness (QED) is 0.675. The van der Waals surface area contributed by atoms with Crippen molar-refractivity contribution in [3.63, 3.8) is 0 Å². The summed E-state index contributed by atoms with van der Waals surface area (Å²) >= 11 is 0. The van der Waals surface area contributed by atoms with Gasteiger partial charge in [-0.15, -0.1) is 0 Å². The molecule has 1 unspecified atom stereocenters. The number of aliphatic hydroxyl groups excluding tert-OH is 1. The first-order chi connectivity index (χ1) is 14.1. The fourth-order valence-electron chi connectivity index (χ4n) is 4.57. The van der Waals surface area contributed by atoms with E-state index < -0.39 is 0 Å².